The van der Waals surface area contributed by atoms with E-state index in [4.69, 9.17) is 4.74 Å². The number of aromatic nitrogens is 1. The fourth-order valence-corrected chi connectivity index (χ4v) is 3.74. The molecule has 1 unspecified atom stereocenters. The molecular weight excluding hydrogens is 376 g/mol. The molecule has 0 aliphatic carbocycles. The Morgan fingerprint density at radius 2 is 1.70 bits per heavy atom. The summed E-state index contributed by atoms with van der Waals surface area (Å²) in [7, 11) is 0. The van der Waals surface area contributed by atoms with Crippen molar-refractivity contribution < 1.29 is 14.3 Å². The van der Waals surface area contributed by atoms with E-state index in [2.05, 4.69) is 4.98 Å². The molecule has 4 rings (SSSR count). The van der Waals surface area contributed by atoms with E-state index >= 15 is 0 Å². The van der Waals surface area contributed by atoms with Crippen molar-refractivity contribution in [3.05, 3.63) is 84.1 Å². The third-order valence-corrected chi connectivity index (χ3v) is 5.29. The second-order valence-corrected chi connectivity index (χ2v) is 7.37. The van der Waals surface area contributed by atoms with Crippen molar-refractivity contribution in [2.75, 3.05) is 13.1 Å². The van der Waals surface area contributed by atoms with Crippen LogP contribution in [0.15, 0.2) is 72.9 Å². The monoisotopic (exact) mass is 400 g/mol. The summed E-state index contributed by atoms with van der Waals surface area (Å²) < 4.78 is 5.65. The number of piperidine rings is 1. The first-order valence-electron chi connectivity index (χ1n) is 10.3. The van der Waals surface area contributed by atoms with Gasteiger partial charge in [-0.3, -0.25) is 9.78 Å². The fraction of sp³-hybridized carbons (Fsp3) is 0.240. The van der Waals surface area contributed by atoms with Crippen LogP contribution in [0.2, 0.25) is 0 Å². The molecule has 0 bridgehead atoms. The molecule has 0 N–H and O–H groups in total. The lowest BCUT2D eigenvalue weighted by Crippen LogP contribution is -2.40. The van der Waals surface area contributed by atoms with E-state index in [0.717, 1.165) is 35.7 Å². The highest BCUT2D eigenvalue weighted by atomic mass is 16.5. The van der Waals surface area contributed by atoms with Gasteiger partial charge in [0.15, 0.2) is 0 Å². The predicted octanol–water partition coefficient (Wildman–Crippen LogP) is 4.55. The molecule has 1 amide bonds. The number of amides is 1. The number of esters is 1. The first-order valence-corrected chi connectivity index (χ1v) is 10.3. The maximum Gasteiger partial charge on any atom is 0.331 e. The van der Waals surface area contributed by atoms with Crippen molar-refractivity contribution in [3.8, 4) is 0 Å². The van der Waals surface area contributed by atoms with Crippen LogP contribution in [-0.2, 0) is 14.3 Å². The Labute approximate surface area is 176 Å². The molecule has 5 nitrogen and oxygen atoms in total. The molecule has 1 atom stereocenters. The number of likely N-dealkylation sites (tertiary alicyclic amines) is 1. The summed E-state index contributed by atoms with van der Waals surface area (Å²) >= 11 is 0. The zero-order valence-corrected chi connectivity index (χ0v) is 16.7. The van der Waals surface area contributed by atoms with E-state index in [1.807, 2.05) is 60.7 Å². The van der Waals surface area contributed by atoms with Crippen molar-refractivity contribution in [1.29, 1.82) is 0 Å². The van der Waals surface area contributed by atoms with Gasteiger partial charge in [0.25, 0.3) is 5.91 Å². The summed E-state index contributed by atoms with van der Waals surface area (Å²) in [5, 5.41) is 0.996. The number of ether oxygens (including phenoxy) is 1. The number of pyridine rings is 1. The zero-order valence-electron chi connectivity index (χ0n) is 16.7. The lowest BCUT2D eigenvalue weighted by Gasteiger charge is -2.30. The maximum atomic E-state index is 13.1. The van der Waals surface area contributed by atoms with Crippen molar-refractivity contribution >= 4 is 28.9 Å². The van der Waals surface area contributed by atoms with E-state index in [-0.39, 0.29) is 5.91 Å². The average Bonchev–Trinajstić information content (AvgIpc) is 2.82. The Balaban J connectivity index is 1.54. The van der Waals surface area contributed by atoms with Crippen LogP contribution in [0.1, 0.15) is 36.5 Å². The van der Waals surface area contributed by atoms with E-state index in [1.54, 1.807) is 17.2 Å². The summed E-state index contributed by atoms with van der Waals surface area (Å²) in [5.41, 5.74) is 2.32. The van der Waals surface area contributed by atoms with Gasteiger partial charge in [0, 0.05) is 41.9 Å². The standard InChI is InChI=1S/C25H24N2O3/c28-22(15-14-20-12-7-11-19-13-8-16-26-23(19)20)30-24(21-9-3-1-4-10-21)25(29)27-17-5-2-6-18-27/h1,3-4,7-16,24H,2,5-6,17-18H2/b15-14+. The molecule has 1 aliphatic heterocycles. The second kappa shape index (κ2) is 9.35. The normalized spacial score (nSPS) is 15.3. The number of benzene rings is 2. The smallest absolute Gasteiger partial charge is 0.331 e. The average molecular weight is 400 g/mol. The molecule has 1 aliphatic rings. The van der Waals surface area contributed by atoms with Gasteiger partial charge in [0.1, 0.15) is 0 Å². The van der Waals surface area contributed by atoms with E-state index < -0.39 is 12.1 Å². The Bertz CT molecular complexity index is 1050. The number of hydrogen-bond acceptors (Lipinski definition) is 4. The molecule has 0 radical (unpaired) electrons. The number of para-hydroxylation sites is 1. The molecule has 152 valence electrons. The van der Waals surface area contributed by atoms with Gasteiger partial charge in [0.05, 0.1) is 5.52 Å². The summed E-state index contributed by atoms with van der Waals surface area (Å²) in [5.74, 6) is -0.711. The highest BCUT2D eigenvalue weighted by Crippen LogP contribution is 2.23. The molecule has 2 aromatic carbocycles. The SMILES string of the molecule is O=C(/C=C/c1cccc2cccnc12)OC(C(=O)N1CCCCC1)c1ccccc1. The summed E-state index contributed by atoms with van der Waals surface area (Å²) in [6.07, 6.45) is 6.92. The number of nitrogens with zero attached hydrogens (tertiary/aromatic N) is 2. The van der Waals surface area contributed by atoms with Gasteiger partial charge >= 0.3 is 5.97 Å². The molecule has 0 saturated carbocycles. The molecule has 1 fully saturated rings. The predicted molar refractivity (Wildman–Crippen MR) is 116 cm³/mol. The fourth-order valence-electron chi connectivity index (χ4n) is 3.74. The highest BCUT2D eigenvalue weighted by molar-refractivity contribution is 5.94. The van der Waals surface area contributed by atoms with Gasteiger partial charge in [-0.25, -0.2) is 4.79 Å². The molecule has 1 saturated heterocycles. The minimum atomic E-state index is -0.938. The van der Waals surface area contributed by atoms with E-state index in [1.165, 1.54) is 6.08 Å². The third-order valence-electron chi connectivity index (χ3n) is 5.29. The van der Waals surface area contributed by atoms with Gasteiger partial charge in [-0.2, -0.15) is 0 Å². The lowest BCUT2D eigenvalue weighted by atomic mass is 10.1. The minimum Gasteiger partial charge on any atom is -0.444 e. The Morgan fingerprint density at radius 3 is 2.50 bits per heavy atom. The number of carbonyl (C=O) groups is 2. The highest BCUT2D eigenvalue weighted by Gasteiger charge is 2.29. The maximum absolute atomic E-state index is 13.1. The summed E-state index contributed by atoms with van der Waals surface area (Å²) in [4.78, 5) is 31.9. The van der Waals surface area contributed by atoms with Crippen molar-refractivity contribution in [1.82, 2.24) is 9.88 Å². The lowest BCUT2D eigenvalue weighted by molar-refractivity contribution is -0.157. The zero-order chi connectivity index (χ0) is 20.8. The van der Waals surface area contributed by atoms with Crippen LogP contribution in [-0.4, -0.2) is 34.8 Å². The first kappa shape index (κ1) is 19.8. The van der Waals surface area contributed by atoms with E-state index in [0.29, 0.717) is 18.7 Å². The van der Waals surface area contributed by atoms with Crippen molar-refractivity contribution in [2.24, 2.45) is 0 Å². The number of hydrogen-bond donors (Lipinski definition) is 0. The quantitative estimate of drug-likeness (QED) is 0.466. The van der Waals surface area contributed by atoms with Gasteiger partial charge < -0.3 is 9.64 Å². The Hall–Kier alpha value is -3.47. The summed E-state index contributed by atoms with van der Waals surface area (Å²) in [6.45, 7) is 1.41. The molecule has 5 heteroatoms. The van der Waals surface area contributed by atoms with Crippen LogP contribution >= 0.6 is 0 Å². The van der Waals surface area contributed by atoms with Crippen molar-refractivity contribution in [3.63, 3.8) is 0 Å². The number of fused-ring (bicyclic) bond motifs is 1. The Kier molecular flexibility index (Phi) is 6.18. The minimum absolute atomic E-state index is 0.158. The molecule has 2 heterocycles. The molecule has 1 aromatic heterocycles. The van der Waals surface area contributed by atoms with Crippen LogP contribution in [0.5, 0.6) is 0 Å². The number of carbonyl (C=O) groups excluding carboxylic acids is 2. The van der Waals surface area contributed by atoms with Crippen LogP contribution < -0.4 is 0 Å². The second-order valence-electron chi connectivity index (χ2n) is 7.37. The van der Waals surface area contributed by atoms with Gasteiger partial charge in [-0.05, 0) is 31.4 Å². The molecule has 0 spiro atoms. The van der Waals surface area contributed by atoms with Gasteiger partial charge in [-0.1, -0.05) is 54.6 Å². The summed E-state index contributed by atoms with van der Waals surface area (Å²) in [6, 6.07) is 18.8. The number of rotatable bonds is 5. The molecular formula is C25H24N2O3. The topological polar surface area (TPSA) is 59.5 Å². The van der Waals surface area contributed by atoms with E-state index in [9.17, 15) is 9.59 Å². The largest absolute Gasteiger partial charge is 0.444 e. The third kappa shape index (κ3) is 4.57. The van der Waals surface area contributed by atoms with Crippen molar-refractivity contribution in [2.45, 2.75) is 25.4 Å². The van der Waals surface area contributed by atoms with Crippen LogP contribution in [0, 0.1) is 0 Å². The molecule has 30 heavy (non-hydrogen) atoms. The van der Waals surface area contributed by atoms with Crippen LogP contribution in [0.25, 0.3) is 17.0 Å². The first-order chi connectivity index (χ1) is 14.7. The van der Waals surface area contributed by atoms with Gasteiger partial charge in [0.2, 0.25) is 6.10 Å². The molecule has 3 aromatic rings. The van der Waals surface area contributed by atoms with Gasteiger partial charge in [-0.15, -0.1) is 0 Å². The van der Waals surface area contributed by atoms with Crippen LogP contribution in [0.4, 0.5) is 0 Å². The van der Waals surface area contributed by atoms with Crippen LogP contribution in [0.3, 0.4) is 0 Å². The Morgan fingerprint density at radius 1 is 0.933 bits per heavy atom.